The number of nitrogens with one attached hydrogen (secondary N) is 1. The molecular weight excluding hydrogens is 184 g/mol. The van der Waals surface area contributed by atoms with Crippen LogP contribution in [0.25, 0.3) is 0 Å². The highest BCUT2D eigenvalue weighted by atomic mass is 16.3. The van der Waals surface area contributed by atoms with Crippen molar-refractivity contribution in [1.29, 1.82) is 0 Å². The maximum Gasteiger partial charge on any atom is 0.224 e. The van der Waals surface area contributed by atoms with Crippen LogP contribution in [0.5, 0.6) is 0 Å². The van der Waals surface area contributed by atoms with E-state index in [4.69, 9.17) is 15.9 Å². The Hall–Kier alpha value is -0.650. The van der Waals surface area contributed by atoms with Gasteiger partial charge in [-0.15, -0.1) is 0 Å². The zero-order valence-electron chi connectivity index (χ0n) is 8.73. The molecule has 0 heterocycles. The van der Waals surface area contributed by atoms with Gasteiger partial charge in [-0.25, -0.2) is 0 Å². The number of rotatable bonds is 6. The maximum absolute atomic E-state index is 11.5. The summed E-state index contributed by atoms with van der Waals surface area (Å²) in [6.45, 7) is 3.84. The quantitative estimate of drug-likeness (QED) is 0.432. The summed E-state index contributed by atoms with van der Waals surface area (Å²) in [5, 5.41) is 20.1. The zero-order valence-corrected chi connectivity index (χ0v) is 8.73. The second kappa shape index (κ2) is 6.75. The van der Waals surface area contributed by atoms with Crippen molar-refractivity contribution in [1.82, 2.24) is 5.32 Å². The Morgan fingerprint density at radius 1 is 1.50 bits per heavy atom. The van der Waals surface area contributed by atoms with Gasteiger partial charge in [0.25, 0.3) is 0 Å². The van der Waals surface area contributed by atoms with Crippen LogP contribution in [0.2, 0.25) is 0 Å². The minimum absolute atomic E-state index is 0.0680. The fourth-order valence-corrected chi connectivity index (χ4v) is 1.10. The Kier molecular flexibility index (Phi) is 6.44. The molecule has 0 rings (SSSR count). The van der Waals surface area contributed by atoms with Gasteiger partial charge in [0.15, 0.2) is 0 Å². The standard InChI is InChI=1S/C9H20N2O3/c1-6(2)8(3-10)9(14)11-4-7(13)5-12/h6-8,12-13H,3-5,10H2,1-2H3,(H,11,14). The highest BCUT2D eigenvalue weighted by molar-refractivity contribution is 5.79. The molecule has 14 heavy (non-hydrogen) atoms. The van der Waals surface area contributed by atoms with Gasteiger partial charge in [0.1, 0.15) is 0 Å². The Bertz CT molecular complexity index is 173. The van der Waals surface area contributed by atoms with Crippen LogP contribution in [-0.4, -0.2) is 41.9 Å². The van der Waals surface area contributed by atoms with Gasteiger partial charge in [0.05, 0.1) is 18.6 Å². The largest absolute Gasteiger partial charge is 0.394 e. The molecule has 0 saturated heterocycles. The molecule has 84 valence electrons. The predicted octanol–water partition coefficient (Wildman–Crippen LogP) is -1.31. The molecule has 0 aliphatic carbocycles. The van der Waals surface area contributed by atoms with E-state index in [1.807, 2.05) is 13.8 Å². The first-order chi connectivity index (χ1) is 6.52. The van der Waals surface area contributed by atoms with Crippen molar-refractivity contribution in [3.63, 3.8) is 0 Å². The minimum atomic E-state index is -0.899. The van der Waals surface area contributed by atoms with E-state index in [2.05, 4.69) is 5.32 Å². The van der Waals surface area contributed by atoms with E-state index < -0.39 is 6.10 Å². The second-order valence-corrected chi connectivity index (χ2v) is 3.67. The highest BCUT2D eigenvalue weighted by Crippen LogP contribution is 2.08. The van der Waals surface area contributed by atoms with Crippen LogP contribution >= 0.6 is 0 Å². The average molecular weight is 204 g/mol. The van der Waals surface area contributed by atoms with E-state index >= 15 is 0 Å². The van der Waals surface area contributed by atoms with Crippen LogP contribution in [0.1, 0.15) is 13.8 Å². The highest BCUT2D eigenvalue weighted by Gasteiger charge is 2.20. The van der Waals surface area contributed by atoms with E-state index in [0.717, 1.165) is 0 Å². The third-order valence-electron chi connectivity index (χ3n) is 2.12. The van der Waals surface area contributed by atoms with Crippen molar-refractivity contribution in [3.8, 4) is 0 Å². The summed E-state index contributed by atoms with van der Waals surface area (Å²) in [6.07, 6.45) is -0.899. The molecule has 0 spiro atoms. The molecular formula is C9H20N2O3. The van der Waals surface area contributed by atoms with Crippen LogP contribution in [0.3, 0.4) is 0 Å². The predicted molar refractivity (Wildman–Crippen MR) is 53.5 cm³/mol. The molecule has 5 nitrogen and oxygen atoms in total. The van der Waals surface area contributed by atoms with Crippen LogP contribution < -0.4 is 11.1 Å². The molecule has 2 unspecified atom stereocenters. The summed E-state index contributed by atoms with van der Waals surface area (Å²) >= 11 is 0. The lowest BCUT2D eigenvalue weighted by Crippen LogP contribution is -2.41. The first kappa shape index (κ1) is 13.4. The van der Waals surface area contributed by atoms with E-state index in [1.54, 1.807) is 0 Å². The third kappa shape index (κ3) is 4.55. The van der Waals surface area contributed by atoms with Crippen molar-refractivity contribution >= 4 is 5.91 Å². The molecule has 5 N–H and O–H groups in total. The van der Waals surface area contributed by atoms with Gasteiger partial charge in [-0.2, -0.15) is 0 Å². The molecule has 0 aliphatic heterocycles. The number of aliphatic hydroxyl groups excluding tert-OH is 2. The monoisotopic (exact) mass is 204 g/mol. The molecule has 0 aromatic heterocycles. The van der Waals surface area contributed by atoms with Gasteiger partial charge < -0.3 is 21.3 Å². The molecule has 0 fully saturated rings. The Morgan fingerprint density at radius 2 is 2.07 bits per heavy atom. The van der Waals surface area contributed by atoms with E-state index in [0.29, 0.717) is 6.54 Å². The molecule has 0 aromatic rings. The molecule has 0 aliphatic rings. The number of hydrogen-bond donors (Lipinski definition) is 4. The summed E-state index contributed by atoms with van der Waals surface area (Å²) in [7, 11) is 0. The third-order valence-corrected chi connectivity index (χ3v) is 2.12. The van der Waals surface area contributed by atoms with Crippen LogP contribution in [0.15, 0.2) is 0 Å². The SMILES string of the molecule is CC(C)C(CN)C(=O)NCC(O)CO. The zero-order chi connectivity index (χ0) is 11.1. The fourth-order valence-electron chi connectivity index (χ4n) is 1.10. The van der Waals surface area contributed by atoms with Gasteiger partial charge >= 0.3 is 0 Å². The van der Waals surface area contributed by atoms with Crippen molar-refractivity contribution in [2.24, 2.45) is 17.6 Å². The summed E-state index contributed by atoms with van der Waals surface area (Å²) < 4.78 is 0. The summed E-state index contributed by atoms with van der Waals surface area (Å²) in [6, 6.07) is 0. The Morgan fingerprint density at radius 3 is 2.43 bits per heavy atom. The molecule has 0 bridgehead atoms. The molecule has 1 amide bonds. The van der Waals surface area contributed by atoms with Crippen molar-refractivity contribution < 1.29 is 15.0 Å². The van der Waals surface area contributed by atoms with Crippen molar-refractivity contribution in [3.05, 3.63) is 0 Å². The number of carbonyl (C=O) groups excluding carboxylic acids is 1. The number of aliphatic hydroxyl groups is 2. The average Bonchev–Trinajstić information content (AvgIpc) is 2.14. The molecule has 5 heteroatoms. The number of nitrogens with two attached hydrogens (primary N) is 1. The number of hydrogen-bond acceptors (Lipinski definition) is 4. The van der Waals surface area contributed by atoms with E-state index in [1.165, 1.54) is 0 Å². The van der Waals surface area contributed by atoms with Gasteiger partial charge in [-0.05, 0) is 5.92 Å². The number of carbonyl (C=O) groups is 1. The first-order valence-corrected chi connectivity index (χ1v) is 4.79. The van der Waals surface area contributed by atoms with Crippen molar-refractivity contribution in [2.75, 3.05) is 19.7 Å². The summed E-state index contributed by atoms with van der Waals surface area (Å²) in [4.78, 5) is 11.5. The van der Waals surface area contributed by atoms with E-state index in [-0.39, 0.29) is 30.9 Å². The first-order valence-electron chi connectivity index (χ1n) is 4.79. The van der Waals surface area contributed by atoms with Crippen LogP contribution in [0.4, 0.5) is 0 Å². The van der Waals surface area contributed by atoms with Gasteiger partial charge in [-0.3, -0.25) is 4.79 Å². The molecule has 0 radical (unpaired) electrons. The maximum atomic E-state index is 11.5. The molecule has 0 saturated carbocycles. The van der Waals surface area contributed by atoms with Crippen LogP contribution in [-0.2, 0) is 4.79 Å². The number of amides is 1. The molecule has 2 atom stereocenters. The van der Waals surface area contributed by atoms with Crippen LogP contribution in [0, 0.1) is 11.8 Å². The summed E-state index contributed by atoms with van der Waals surface area (Å²) in [5.41, 5.74) is 5.44. The smallest absolute Gasteiger partial charge is 0.224 e. The minimum Gasteiger partial charge on any atom is -0.394 e. The topological polar surface area (TPSA) is 95.6 Å². The fraction of sp³-hybridized carbons (Fsp3) is 0.889. The van der Waals surface area contributed by atoms with Gasteiger partial charge in [0, 0.05) is 13.1 Å². The lowest BCUT2D eigenvalue weighted by atomic mass is 9.95. The summed E-state index contributed by atoms with van der Waals surface area (Å²) in [5.74, 6) is -0.234. The van der Waals surface area contributed by atoms with Gasteiger partial charge in [-0.1, -0.05) is 13.8 Å². The molecule has 0 aromatic carbocycles. The normalized spacial score (nSPS) is 15.3. The Balaban J connectivity index is 3.93. The lowest BCUT2D eigenvalue weighted by molar-refractivity contribution is -0.126. The second-order valence-electron chi connectivity index (χ2n) is 3.67. The van der Waals surface area contributed by atoms with Crippen molar-refractivity contribution in [2.45, 2.75) is 20.0 Å². The Labute approximate surface area is 84.3 Å². The van der Waals surface area contributed by atoms with E-state index in [9.17, 15) is 4.79 Å². The van der Waals surface area contributed by atoms with Gasteiger partial charge in [0.2, 0.25) is 5.91 Å². The lowest BCUT2D eigenvalue weighted by Gasteiger charge is -2.19.